The van der Waals surface area contributed by atoms with E-state index in [-0.39, 0.29) is 34.0 Å². The Kier molecular flexibility index (Phi) is 10.4. The Labute approximate surface area is 159 Å². The summed E-state index contributed by atoms with van der Waals surface area (Å²) in [7, 11) is 13.5. The fourth-order valence-electron chi connectivity index (χ4n) is 3.01. The van der Waals surface area contributed by atoms with E-state index in [4.69, 9.17) is 0 Å². The lowest BCUT2D eigenvalue weighted by Gasteiger charge is -2.29. The maximum atomic E-state index is 2.33. The second-order valence-electron chi connectivity index (χ2n) is 8.41. The van der Waals surface area contributed by atoms with Crippen molar-refractivity contribution in [3.63, 3.8) is 0 Å². The van der Waals surface area contributed by atoms with Crippen molar-refractivity contribution < 1.29 is 42.9 Å². The first-order chi connectivity index (χ1) is 8.98. The third-order valence-corrected chi connectivity index (χ3v) is 3.72. The summed E-state index contributed by atoms with van der Waals surface area (Å²) in [5, 5.41) is 0. The maximum Gasteiger partial charge on any atom is 0.0847 e. The zero-order chi connectivity index (χ0) is 15.6. The average Bonchev–Trinajstić information content (AvgIpc) is 2.24. The monoisotopic (exact) mass is 436 g/mol. The fraction of sp³-hybridized carbons (Fsp3) is 0.667. The molecule has 0 aromatic heterocycles. The molecule has 1 aromatic rings. The van der Waals surface area contributed by atoms with Gasteiger partial charge < -0.3 is 42.9 Å². The minimum absolute atomic E-state index is 0. The van der Waals surface area contributed by atoms with Gasteiger partial charge in [-0.3, -0.25) is 0 Å². The largest absolute Gasteiger partial charge is 1.00 e. The van der Waals surface area contributed by atoms with E-state index in [1.807, 2.05) is 0 Å². The van der Waals surface area contributed by atoms with Gasteiger partial charge in [-0.1, -0.05) is 38.1 Å². The van der Waals surface area contributed by atoms with Crippen LogP contribution in [-0.4, -0.2) is 64.3 Å². The van der Waals surface area contributed by atoms with Crippen LogP contribution < -0.4 is 34.0 Å². The molecule has 0 aliphatic heterocycles. The van der Waals surface area contributed by atoms with Gasteiger partial charge in [0.2, 0.25) is 0 Å². The summed E-state index contributed by atoms with van der Waals surface area (Å²) in [6.45, 7) is 7.00. The maximum absolute atomic E-state index is 2.33. The van der Waals surface area contributed by atoms with Gasteiger partial charge >= 0.3 is 0 Å². The first-order valence-electron chi connectivity index (χ1n) is 7.69. The first-order valence-corrected chi connectivity index (χ1v) is 7.69. The third-order valence-electron chi connectivity index (χ3n) is 3.72. The van der Waals surface area contributed by atoms with E-state index in [2.05, 4.69) is 80.4 Å². The van der Waals surface area contributed by atoms with Crippen LogP contribution in [0.1, 0.15) is 36.8 Å². The second kappa shape index (κ2) is 9.41. The minimum atomic E-state index is 0. The molecule has 0 amide bonds. The van der Waals surface area contributed by atoms with Crippen molar-refractivity contribution in [2.45, 2.75) is 25.7 Å². The lowest BCUT2D eigenvalue weighted by Crippen LogP contribution is -3.00. The van der Waals surface area contributed by atoms with Gasteiger partial charge in [0, 0.05) is 11.8 Å². The Morgan fingerprint density at radius 1 is 0.636 bits per heavy atom. The standard InChI is InChI=1S/C18H34N2.2BrH/c1-15(13-19(3,4)5)17-9-11-18(12-10-17)16(2)14-20(6,7)8;;/h9-12,15-16H,13-14H2,1-8H3;2*1H/q+2;;/p-2. The molecule has 130 valence electrons. The van der Waals surface area contributed by atoms with Gasteiger partial charge in [-0.2, -0.15) is 0 Å². The van der Waals surface area contributed by atoms with Crippen LogP contribution in [-0.2, 0) is 0 Å². The Morgan fingerprint density at radius 3 is 1.05 bits per heavy atom. The predicted octanol–water partition coefficient (Wildman–Crippen LogP) is -2.69. The van der Waals surface area contributed by atoms with Crippen LogP contribution in [0.4, 0.5) is 0 Å². The normalized spacial score (nSPS) is 14.5. The van der Waals surface area contributed by atoms with E-state index in [0.29, 0.717) is 11.8 Å². The molecule has 22 heavy (non-hydrogen) atoms. The number of hydrogen-bond donors (Lipinski definition) is 0. The molecule has 4 heteroatoms. The van der Waals surface area contributed by atoms with Gasteiger partial charge in [0.1, 0.15) is 0 Å². The number of quaternary nitrogens is 2. The zero-order valence-electron chi connectivity index (χ0n) is 15.5. The Morgan fingerprint density at radius 2 is 0.864 bits per heavy atom. The number of rotatable bonds is 6. The molecule has 0 saturated carbocycles. The molecule has 2 nitrogen and oxygen atoms in total. The number of hydrogen-bond acceptors (Lipinski definition) is 0. The third kappa shape index (κ3) is 9.29. The molecule has 2 unspecified atom stereocenters. The summed E-state index contributed by atoms with van der Waals surface area (Å²) in [6.07, 6.45) is 0. The highest BCUT2D eigenvalue weighted by molar-refractivity contribution is 5.27. The highest BCUT2D eigenvalue weighted by atomic mass is 79.9. The predicted molar refractivity (Wildman–Crippen MR) is 89.1 cm³/mol. The Hall–Kier alpha value is 0.1000. The summed E-state index contributed by atoms with van der Waals surface area (Å²) in [4.78, 5) is 0. The molecule has 0 N–H and O–H groups in total. The van der Waals surface area contributed by atoms with Gasteiger partial charge in [0.05, 0.1) is 55.4 Å². The van der Waals surface area contributed by atoms with Crippen molar-refractivity contribution >= 4 is 0 Å². The molecule has 0 radical (unpaired) electrons. The molecule has 1 rings (SSSR count). The summed E-state index contributed by atoms with van der Waals surface area (Å²) < 4.78 is 2.03. The van der Waals surface area contributed by atoms with Gasteiger partial charge in [-0.15, -0.1) is 0 Å². The molecule has 1 aromatic carbocycles. The van der Waals surface area contributed by atoms with Gasteiger partial charge in [0.25, 0.3) is 0 Å². The summed E-state index contributed by atoms with van der Waals surface area (Å²) in [5.74, 6) is 1.22. The van der Waals surface area contributed by atoms with E-state index >= 15 is 0 Å². The van der Waals surface area contributed by atoms with Crippen molar-refractivity contribution in [3.05, 3.63) is 35.4 Å². The molecular weight excluding hydrogens is 404 g/mol. The molecule has 0 aliphatic carbocycles. The van der Waals surface area contributed by atoms with Gasteiger partial charge in [-0.25, -0.2) is 0 Å². The quantitative estimate of drug-likeness (QED) is 0.425. The van der Waals surface area contributed by atoms with Crippen molar-refractivity contribution in [1.82, 2.24) is 0 Å². The zero-order valence-corrected chi connectivity index (χ0v) is 18.7. The van der Waals surface area contributed by atoms with Crippen molar-refractivity contribution in [3.8, 4) is 0 Å². The van der Waals surface area contributed by atoms with Crippen LogP contribution >= 0.6 is 0 Å². The Bertz CT molecular complexity index is 375. The van der Waals surface area contributed by atoms with E-state index in [9.17, 15) is 0 Å². The molecule has 0 bridgehead atoms. The van der Waals surface area contributed by atoms with Gasteiger partial charge in [0.15, 0.2) is 0 Å². The van der Waals surface area contributed by atoms with E-state index in [0.717, 1.165) is 8.97 Å². The summed E-state index contributed by atoms with van der Waals surface area (Å²) in [6, 6.07) is 9.28. The second-order valence-corrected chi connectivity index (χ2v) is 8.41. The van der Waals surface area contributed by atoms with Crippen LogP contribution in [0.2, 0.25) is 0 Å². The van der Waals surface area contributed by atoms with Gasteiger partial charge in [-0.05, 0) is 11.1 Å². The van der Waals surface area contributed by atoms with E-state index < -0.39 is 0 Å². The fourth-order valence-corrected chi connectivity index (χ4v) is 3.01. The van der Waals surface area contributed by atoms with Crippen LogP contribution in [0.5, 0.6) is 0 Å². The molecule has 0 aliphatic rings. The van der Waals surface area contributed by atoms with Crippen molar-refractivity contribution in [2.75, 3.05) is 55.4 Å². The topological polar surface area (TPSA) is 0 Å². The number of nitrogens with zero attached hydrogens (tertiary/aromatic N) is 2. The van der Waals surface area contributed by atoms with Crippen LogP contribution in [0.3, 0.4) is 0 Å². The highest BCUT2D eigenvalue weighted by Crippen LogP contribution is 2.22. The molecule has 0 saturated heterocycles. The van der Waals surface area contributed by atoms with Crippen LogP contribution in [0.25, 0.3) is 0 Å². The lowest BCUT2D eigenvalue weighted by molar-refractivity contribution is -0.871. The minimum Gasteiger partial charge on any atom is -1.00 e. The SMILES string of the molecule is CC(C[N+](C)(C)C)c1ccc(C(C)C[N+](C)(C)C)cc1.[Br-].[Br-]. The van der Waals surface area contributed by atoms with Crippen molar-refractivity contribution in [1.29, 1.82) is 0 Å². The molecule has 2 atom stereocenters. The number of likely N-dealkylation sites (N-methyl/N-ethyl adjacent to an activating group) is 2. The number of halogens is 2. The van der Waals surface area contributed by atoms with Crippen LogP contribution in [0.15, 0.2) is 24.3 Å². The molecule has 0 spiro atoms. The molecule has 0 fully saturated rings. The highest BCUT2D eigenvalue weighted by Gasteiger charge is 2.18. The smallest absolute Gasteiger partial charge is 0.0847 e. The summed E-state index contributed by atoms with van der Waals surface area (Å²) >= 11 is 0. The molecular formula is C18H34Br2N2. The van der Waals surface area contributed by atoms with Crippen LogP contribution in [0, 0.1) is 0 Å². The van der Waals surface area contributed by atoms with Crippen molar-refractivity contribution in [2.24, 2.45) is 0 Å². The Balaban J connectivity index is 0. The number of benzene rings is 1. The van der Waals surface area contributed by atoms with E-state index in [1.54, 1.807) is 0 Å². The lowest BCUT2D eigenvalue weighted by atomic mass is 9.94. The van der Waals surface area contributed by atoms with E-state index in [1.165, 1.54) is 24.2 Å². The first kappa shape index (κ1) is 24.4. The molecule has 0 heterocycles. The summed E-state index contributed by atoms with van der Waals surface area (Å²) in [5.41, 5.74) is 2.92. The average molecular weight is 438 g/mol.